The van der Waals surface area contributed by atoms with Crippen molar-refractivity contribution in [1.29, 1.82) is 0 Å². The zero-order valence-electron chi connectivity index (χ0n) is 17.3. The molecule has 31 heavy (non-hydrogen) atoms. The third-order valence-electron chi connectivity index (χ3n) is 4.60. The monoisotopic (exact) mass is 439 g/mol. The minimum Gasteiger partial charge on any atom is -0.478 e. The van der Waals surface area contributed by atoms with Gasteiger partial charge in [0, 0.05) is 34.2 Å². The lowest BCUT2D eigenvalue weighted by Crippen LogP contribution is -2.38. The summed E-state index contributed by atoms with van der Waals surface area (Å²) in [4.78, 5) is 27.6. The van der Waals surface area contributed by atoms with Crippen molar-refractivity contribution in [2.75, 3.05) is 10.6 Å². The normalized spacial score (nSPS) is 11.0. The Hall–Kier alpha value is -3.58. The van der Waals surface area contributed by atoms with Gasteiger partial charge in [0.25, 0.3) is 0 Å². The maximum absolute atomic E-state index is 12.3. The van der Waals surface area contributed by atoms with Crippen molar-refractivity contribution in [1.82, 2.24) is 4.98 Å². The Morgan fingerprint density at radius 3 is 2.29 bits per heavy atom. The summed E-state index contributed by atoms with van der Waals surface area (Å²) in [6.45, 7) is 4.75. The number of urea groups is 1. The summed E-state index contributed by atoms with van der Waals surface area (Å²) >= 11 is 6.08. The van der Waals surface area contributed by atoms with Crippen LogP contribution in [0.5, 0.6) is 5.88 Å². The van der Waals surface area contributed by atoms with E-state index in [0.717, 1.165) is 16.7 Å². The van der Waals surface area contributed by atoms with E-state index in [2.05, 4.69) is 15.6 Å². The molecule has 3 rings (SSSR count). The van der Waals surface area contributed by atoms with E-state index < -0.39 is 11.6 Å². The number of hydrogen-bond acceptors (Lipinski definition) is 4. The van der Waals surface area contributed by atoms with Crippen molar-refractivity contribution in [2.45, 2.75) is 26.4 Å². The summed E-state index contributed by atoms with van der Waals surface area (Å²) in [5, 5.41) is 15.3. The number of carboxylic acids is 1. The highest BCUT2D eigenvalue weighted by Gasteiger charge is 2.29. The third-order valence-corrected chi connectivity index (χ3v) is 5.01. The zero-order chi connectivity index (χ0) is 22.6. The number of aromatic nitrogens is 1. The number of benzene rings is 2. The Balaban J connectivity index is 1.64. The molecule has 160 valence electrons. The van der Waals surface area contributed by atoms with Gasteiger partial charge in [0.05, 0.1) is 0 Å². The maximum atomic E-state index is 12.3. The molecule has 0 spiro atoms. The van der Waals surface area contributed by atoms with Crippen LogP contribution < -0.4 is 15.4 Å². The summed E-state index contributed by atoms with van der Waals surface area (Å²) in [7, 11) is 0. The van der Waals surface area contributed by atoms with E-state index in [4.69, 9.17) is 21.4 Å². The van der Waals surface area contributed by atoms with Gasteiger partial charge in [0.15, 0.2) is 0 Å². The molecule has 0 atom stereocenters. The molecule has 2 aromatic carbocycles. The van der Waals surface area contributed by atoms with Crippen molar-refractivity contribution < 1.29 is 19.4 Å². The molecule has 8 heteroatoms. The predicted octanol–water partition coefficient (Wildman–Crippen LogP) is 5.60. The van der Waals surface area contributed by atoms with E-state index in [1.807, 2.05) is 19.1 Å². The summed E-state index contributed by atoms with van der Waals surface area (Å²) < 4.78 is 5.41. The number of pyridine rings is 1. The fourth-order valence-electron chi connectivity index (χ4n) is 2.69. The number of nitrogens with one attached hydrogen (secondary N) is 2. The molecule has 1 heterocycles. The van der Waals surface area contributed by atoms with Gasteiger partial charge in [-0.3, -0.25) is 0 Å². The smallest absolute Gasteiger partial charge is 0.347 e. The Morgan fingerprint density at radius 2 is 1.68 bits per heavy atom. The Morgan fingerprint density at radius 1 is 1.00 bits per heavy atom. The van der Waals surface area contributed by atoms with Crippen molar-refractivity contribution >= 4 is 35.0 Å². The van der Waals surface area contributed by atoms with Gasteiger partial charge in [-0.1, -0.05) is 29.8 Å². The lowest BCUT2D eigenvalue weighted by atomic mass is 10.1. The van der Waals surface area contributed by atoms with E-state index in [-0.39, 0.29) is 11.9 Å². The molecule has 0 radical (unpaired) electrons. The minimum atomic E-state index is -1.37. The molecule has 1 aromatic heterocycles. The molecular formula is C23H22ClN3O4. The average molecular weight is 440 g/mol. The van der Waals surface area contributed by atoms with Crippen molar-refractivity contribution in [3.05, 3.63) is 71.4 Å². The fourth-order valence-corrected chi connectivity index (χ4v) is 2.86. The van der Waals surface area contributed by atoms with Gasteiger partial charge in [0.1, 0.15) is 0 Å². The van der Waals surface area contributed by atoms with Crippen LogP contribution in [-0.4, -0.2) is 27.7 Å². The lowest BCUT2D eigenvalue weighted by Gasteiger charge is -2.20. The first-order valence-corrected chi connectivity index (χ1v) is 9.85. The number of carbonyl (C=O) groups excluding carboxylic acids is 1. The first kappa shape index (κ1) is 22.1. The molecule has 3 aromatic rings. The number of hydrogen-bond donors (Lipinski definition) is 3. The van der Waals surface area contributed by atoms with E-state index in [9.17, 15) is 9.59 Å². The lowest BCUT2D eigenvalue weighted by molar-refractivity contribution is -0.152. The van der Waals surface area contributed by atoms with Crippen LogP contribution in [0.1, 0.15) is 19.4 Å². The van der Waals surface area contributed by atoms with Gasteiger partial charge in [0.2, 0.25) is 11.5 Å². The molecule has 7 nitrogen and oxygen atoms in total. The van der Waals surface area contributed by atoms with E-state index in [1.54, 1.807) is 48.7 Å². The molecule has 0 saturated carbocycles. The predicted molar refractivity (Wildman–Crippen MR) is 121 cm³/mol. The molecule has 0 aliphatic heterocycles. The molecule has 0 bridgehead atoms. The Kier molecular flexibility index (Phi) is 6.46. The summed E-state index contributed by atoms with van der Waals surface area (Å²) in [6, 6.07) is 15.6. The van der Waals surface area contributed by atoms with E-state index >= 15 is 0 Å². The maximum Gasteiger partial charge on any atom is 0.347 e. The second-order valence-corrected chi connectivity index (χ2v) is 7.78. The second kappa shape index (κ2) is 9.06. The first-order valence-electron chi connectivity index (χ1n) is 9.48. The number of rotatable bonds is 6. The fraction of sp³-hybridized carbons (Fsp3) is 0.174. The van der Waals surface area contributed by atoms with Gasteiger partial charge < -0.3 is 20.5 Å². The summed E-state index contributed by atoms with van der Waals surface area (Å²) in [5.41, 5.74) is 2.39. The third kappa shape index (κ3) is 5.52. The number of ether oxygens (including phenoxy) is 1. The number of carbonyl (C=O) groups is 2. The largest absolute Gasteiger partial charge is 0.478 e. The van der Waals surface area contributed by atoms with Crippen LogP contribution >= 0.6 is 11.6 Å². The number of anilines is 2. The number of amides is 2. The molecule has 0 aliphatic carbocycles. The molecule has 3 N–H and O–H groups in total. The van der Waals surface area contributed by atoms with Crippen LogP contribution in [0.4, 0.5) is 16.2 Å². The van der Waals surface area contributed by atoms with Crippen LogP contribution in [0.15, 0.2) is 60.8 Å². The van der Waals surface area contributed by atoms with E-state index in [0.29, 0.717) is 16.4 Å². The summed E-state index contributed by atoms with van der Waals surface area (Å²) in [5.74, 6) is -0.849. The Labute approximate surface area is 185 Å². The van der Waals surface area contributed by atoms with Crippen LogP contribution in [0.3, 0.4) is 0 Å². The van der Waals surface area contributed by atoms with Crippen molar-refractivity contribution in [3.63, 3.8) is 0 Å². The molecule has 0 fully saturated rings. The molecular weight excluding hydrogens is 418 g/mol. The quantitative estimate of drug-likeness (QED) is 0.464. The van der Waals surface area contributed by atoms with Gasteiger partial charge in [-0.2, -0.15) is 0 Å². The molecule has 2 amide bonds. The highest BCUT2D eigenvalue weighted by molar-refractivity contribution is 6.31. The van der Waals surface area contributed by atoms with Crippen LogP contribution in [0.2, 0.25) is 5.02 Å². The Bertz CT molecular complexity index is 1100. The highest BCUT2D eigenvalue weighted by Crippen LogP contribution is 2.25. The van der Waals surface area contributed by atoms with Gasteiger partial charge >= 0.3 is 12.0 Å². The highest BCUT2D eigenvalue weighted by atomic mass is 35.5. The second-order valence-electron chi connectivity index (χ2n) is 7.37. The van der Waals surface area contributed by atoms with E-state index in [1.165, 1.54) is 13.8 Å². The number of carboxylic acid groups (broad SMARTS) is 1. The summed E-state index contributed by atoms with van der Waals surface area (Å²) in [6.07, 6.45) is 1.60. The number of halogens is 1. The molecule has 0 saturated heterocycles. The first-order chi connectivity index (χ1) is 14.7. The number of nitrogens with zero attached hydrogens (tertiary/aromatic N) is 1. The molecule has 0 unspecified atom stereocenters. The van der Waals surface area contributed by atoms with Crippen molar-refractivity contribution in [2.24, 2.45) is 0 Å². The zero-order valence-corrected chi connectivity index (χ0v) is 18.0. The average Bonchev–Trinajstić information content (AvgIpc) is 2.72. The topological polar surface area (TPSA) is 101 Å². The van der Waals surface area contributed by atoms with Crippen LogP contribution in [0.25, 0.3) is 11.1 Å². The molecule has 0 aliphatic rings. The van der Waals surface area contributed by atoms with Gasteiger partial charge in [-0.15, -0.1) is 0 Å². The number of aliphatic carboxylic acids is 1. The van der Waals surface area contributed by atoms with Crippen molar-refractivity contribution in [3.8, 4) is 17.0 Å². The van der Waals surface area contributed by atoms with Gasteiger partial charge in [-0.05, 0) is 62.2 Å². The standard InChI is InChI=1S/C23H22ClN3O4/c1-14-18(24)5-4-6-19(14)27-22(30)26-17-10-7-15(8-11-17)16-9-12-20(25-13-16)31-23(2,3)21(28)29/h4-13H,1-3H3,(H,28,29)(H2,26,27,30). The van der Waals surface area contributed by atoms with Gasteiger partial charge in [-0.25, -0.2) is 14.6 Å². The van der Waals surface area contributed by atoms with Crippen LogP contribution in [0, 0.1) is 6.92 Å². The minimum absolute atomic E-state index is 0.224. The van der Waals surface area contributed by atoms with Crippen LogP contribution in [-0.2, 0) is 4.79 Å². The SMILES string of the molecule is Cc1c(Cl)cccc1NC(=O)Nc1ccc(-c2ccc(OC(C)(C)C(=O)O)nc2)cc1.